The molecule has 18 heavy (non-hydrogen) atoms. The molecule has 1 saturated carbocycles. The zero-order valence-electron chi connectivity index (χ0n) is 10.4. The van der Waals surface area contributed by atoms with Gasteiger partial charge in [-0.3, -0.25) is 0 Å². The van der Waals surface area contributed by atoms with Gasteiger partial charge in [-0.25, -0.2) is 0 Å². The van der Waals surface area contributed by atoms with Crippen molar-refractivity contribution in [3.05, 3.63) is 11.7 Å². The van der Waals surface area contributed by atoms with E-state index in [9.17, 15) is 0 Å². The first-order valence-electron chi connectivity index (χ1n) is 6.61. The Morgan fingerprint density at radius 2 is 1.94 bits per heavy atom. The van der Waals surface area contributed by atoms with E-state index in [2.05, 4.69) is 10.1 Å². The topological polar surface area (TPSA) is 83.4 Å². The smallest absolute Gasteiger partial charge is 0.229 e. The Bertz CT molecular complexity index is 382. The van der Waals surface area contributed by atoms with Crippen molar-refractivity contribution in [3.63, 3.8) is 0 Å². The van der Waals surface area contributed by atoms with Gasteiger partial charge in [0.1, 0.15) is 6.10 Å². The number of rotatable bonds is 2. The first kappa shape index (κ1) is 12.1. The van der Waals surface area contributed by atoms with Crippen LogP contribution in [0.4, 0.5) is 0 Å². The maximum atomic E-state index is 5.89. The Kier molecular flexibility index (Phi) is 3.58. The molecule has 1 aromatic heterocycles. The predicted octanol–water partition coefficient (Wildman–Crippen LogP) is 1.14. The molecule has 0 amide bonds. The van der Waals surface area contributed by atoms with Crippen LogP contribution in [0, 0.1) is 0 Å². The van der Waals surface area contributed by atoms with Crippen molar-refractivity contribution in [1.29, 1.82) is 0 Å². The van der Waals surface area contributed by atoms with Gasteiger partial charge in [0.25, 0.3) is 0 Å². The summed E-state index contributed by atoms with van der Waals surface area (Å²) >= 11 is 0. The molecule has 6 heteroatoms. The van der Waals surface area contributed by atoms with Gasteiger partial charge >= 0.3 is 0 Å². The molecule has 2 heterocycles. The summed E-state index contributed by atoms with van der Waals surface area (Å²) in [5, 5.41) is 4.01. The van der Waals surface area contributed by atoms with Crippen LogP contribution in [0.3, 0.4) is 0 Å². The molecule has 1 unspecified atom stereocenters. The van der Waals surface area contributed by atoms with Gasteiger partial charge in [0, 0.05) is 12.0 Å². The highest BCUT2D eigenvalue weighted by molar-refractivity contribution is 4.99. The van der Waals surface area contributed by atoms with E-state index in [-0.39, 0.29) is 6.10 Å². The number of hydrogen-bond donors (Lipinski definition) is 1. The molecule has 0 bridgehead atoms. The summed E-state index contributed by atoms with van der Waals surface area (Å²) in [6.45, 7) is 1.74. The van der Waals surface area contributed by atoms with Crippen LogP contribution in [0.25, 0.3) is 0 Å². The van der Waals surface area contributed by atoms with Crippen molar-refractivity contribution in [1.82, 2.24) is 10.1 Å². The van der Waals surface area contributed by atoms with Crippen molar-refractivity contribution in [2.24, 2.45) is 5.73 Å². The monoisotopic (exact) mass is 253 g/mol. The molecule has 1 aromatic rings. The van der Waals surface area contributed by atoms with Crippen LogP contribution in [0.5, 0.6) is 0 Å². The zero-order chi connectivity index (χ0) is 12.4. The Labute approximate surface area is 106 Å². The lowest BCUT2D eigenvalue weighted by Gasteiger charge is -2.23. The van der Waals surface area contributed by atoms with E-state index >= 15 is 0 Å². The summed E-state index contributed by atoms with van der Waals surface area (Å²) < 4.78 is 16.2. The van der Waals surface area contributed by atoms with E-state index in [1.54, 1.807) is 0 Å². The predicted molar refractivity (Wildman–Crippen MR) is 63.0 cm³/mol. The summed E-state index contributed by atoms with van der Waals surface area (Å²) in [5.41, 5.74) is 5.89. The van der Waals surface area contributed by atoms with Gasteiger partial charge in [0.05, 0.1) is 19.8 Å². The van der Waals surface area contributed by atoms with Crippen LogP contribution < -0.4 is 5.73 Å². The molecule has 2 N–H and O–H groups in total. The van der Waals surface area contributed by atoms with E-state index < -0.39 is 0 Å². The highest BCUT2D eigenvalue weighted by atomic mass is 16.6. The SMILES string of the molecule is NC1CCC(c2nc(C3COCCO3)no2)CC1. The zero-order valence-corrected chi connectivity index (χ0v) is 10.4. The molecule has 1 saturated heterocycles. The number of nitrogens with two attached hydrogens (primary N) is 1. The minimum absolute atomic E-state index is 0.179. The van der Waals surface area contributed by atoms with Crippen molar-refractivity contribution in [3.8, 4) is 0 Å². The molecule has 3 rings (SSSR count). The molecule has 0 spiro atoms. The lowest BCUT2D eigenvalue weighted by Crippen LogP contribution is -2.26. The van der Waals surface area contributed by atoms with Crippen LogP contribution in [0.1, 0.15) is 49.4 Å². The summed E-state index contributed by atoms with van der Waals surface area (Å²) in [5.74, 6) is 1.70. The second-order valence-corrected chi connectivity index (χ2v) is 5.04. The van der Waals surface area contributed by atoms with E-state index in [0.717, 1.165) is 31.6 Å². The van der Waals surface area contributed by atoms with Gasteiger partial charge in [0.15, 0.2) is 0 Å². The lowest BCUT2D eigenvalue weighted by molar-refractivity contribution is -0.0941. The minimum atomic E-state index is -0.179. The second-order valence-electron chi connectivity index (χ2n) is 5.04. The maximum absolute atomic E-state index is 5.89. The van der Waals surface area contributed by atoms with Crippen molar-refractivity contribution in [2.45, 2.75) is 43.7 Å². The Hall–Kier alpha value is -0.980. The number of nitrogens with zero attached hydrogens (tertiary/aromatic N) is 2. The molecule has 0 radical (unpaired) electrons. The summed E-state index contributed by atoms with van der Waals surface area (Å²) in [6.07, 6.45) is 3.95. The third kappa shape index (κ3) is 2.55. The summed E-state index contributed by atoms with van der Waals surface area (Å²) in [4.78, 5) is 4.46. The lowest BCUT2D eigenvalue weighted by atomic mass is 9.86. The van der Waals surface area contributed by atoms with Crippen LogP contribution in [-0.4, -0.2) is 36.0 Å². The quantitative estimate of drug-likeness (QED) is 0.851. The van der Waals surface area contributed by atoms with Gasteiger partial charge in [0.2, 0.25) is 11.7 Å². The van der Waals surface area contributed by atoms with Crippen molar-refractivity contribution < 1.29 is 14.0 Å². The third-order valence-corrected chi connectivity index (χ3v) is 3.68. The molecule has 100 valence electrons. The number of hydrogen-bond acceptors (Lipinski definition) is 6. The molecule has 2 fully saturated rings. The van der Waals surface area contributed by atoms with Crippen LogP contribution in [-0.2, 0) is 9.47 Å². The fourth-order valence-electron chi connectivity index (χ4n) is 2.55. The minimum Gasteiger partial charge on any atom is -0.376 e. The third-order valence-electron chi connectivity index (χ3n) is 3.68. The van der Waals surface area contributed by atoms with E-state index in [0.29, 0.717) is 37.6 Å². The molecule has 1 atom stereocenters. The first-order chi connectivity index (χ1) is 8.83. The van der Waals surface area contributed by atoms with Crippen LogP contribution >= 0.6 is 0 Å². The molecule has 2 aliphatic rings. The van der Waals surface area contributed by atoms with E-state index in [1.807, 2.05) is 0 Å². The van der Waals surface area contributed by atoms with E-state index in [1.165, 1.54) is 0 Å². The Morgan fingerprint density at radius 1 is 1.11 bits per heavy atom. The van der Waals surface area contributed by atoms with Gasteiger partial charge in [-0.1, -0.05) is 5.16 Å². The molecular formula is C12H19N3O3. The number of aromatic nitrogens is 2. The van der Waals surface area contributed by atoms with Gasteiger partial charge in [-0.2, -0.15) is 4.98 Å². The molecule has 1 aliphatic carbocycles. The highest BCUT2D eigenvalue weighted by Gasteiger charge is 2.27. The second kappa shape index (κ2) is 5.34. The average Bonchev–Trinajstić information content (AvgIpc) is 2.90. The maximum Gasteiger partial charge on any atom is 0.229 e. The van der Waals surface area contributed by atoms with Crippen molar-refractivity contribution >= 4 is 0 Å². The Morgan fingerprint density at radius 3 is 2.67 bits per heavy atom. The number of ether oxygens (including phenoxy) is 2. The van der Waals surface area contributed by atoms with Gasteiger partial charge in [-0.15, -0.1) is 0 Å². The summed E-state index contributed by atoms with van der Waals surface area (Å²) in [7, 11) is 0. The summed E-state index contributed by atoms with van der Waals surface area (Å²) in [6, 6.07) is 0.332. The molecule has 0 aromatic carbocycles. The Balaban J connectivity index is 1.65. The standard InChI is InChI=1S/C12H19N3O3/c13-9-3-1-8(2-4-9)12-14-11(15-18-12)10-7-16-5-6-17-10/h8-10H,1-7,13H2. The normalized spacial score (nSPS) is 33.5. The molecular weight excluding hydrogens is 234 g/mol. The fourth-order valence-corrected chi connectivity index (χ4v) is 2.55. The van der Waals surface area contributed by atoms with Gasteiger partial charge in [-0.05, 0) is 25.7 Å². The van der Waals surface area contributed by atoms with Crippen LogP contribution in [0.2, 0.25) is 0 Å². The highest BCUT2D eigenvalue weighted by Crippen LogP contribution is 2.32. The average molecular weight is 253 g/mol. The molecule has 6 nitrogen and oxygen atoms in total. The molecule has 1 aliphatic heterocycles. The first-order valence-corrected chi connectivity index (χ1v) is 6.61. The van der Waals surface area contributed by atoms with Crippen LogP contribution in [0.15, 0.2) is 4.52 Å². The fraction of sp³-hybridized carbons (Fsp3) is 0.833. The van der Waals surface area contributed by atoms with Gasteiger partial charge < -0.3 is 19.7 Å². The largest absolute Gasteiger partial charge is 0.376 e. The van der Waals surface area contributed by atoms with E-state index in [4.69, 9.17) is 19.7 Å². The van der Waals surface area contributed by atoms with Crippen molar-refractivity contribution in [2.75, 3.05) is 19.8 Å².